The van der Waals surface area contributed by atoms with Crippen LogP contribution in [0.1, 0.15) is 50.3 Å². The molecule has 2 saturated heterocycles. The van der Waals surface area contributed by atoms with Crippen molar-refractivity contribution >= 4 is 23.5 Å². The number of aromatic nitrogens is 2. The van der Waals surface area contributed by atoms with Crippen molar-refractivity contribution in [2.75, 3.05) is 51.7 Å². The van der Waals surface area contributed by atoms with E-state index >= 15 is 0 Å². The number of ketones is 1. The minimum absolute atomic E-state index is 0.0615. The number of ether oxygens (including phenoxy) is 2. The molecule has 33 heavy (non-hydrogen) atoms. The largest absolute Gasteiger partial charge is 0.481 e. The molecule has 0 bridgehead atoms. The first-order valence-corrected chi connectivity index (χ1v) is 12.8. The lowest BCUT2D eigenvalue weighted by molar-refractivity contribution is -0.139. The molecule has 4 rings (SSSR count). The quantitative estimate of drug-likeness (QED) is 0.459. The predicted molar refractivity (Wildman–Crippen MR) is 126 cm³/mol. The van der Waals surface area contributed by atoms with Gasteiger partial charge in [-0.15, -0.1) is 0 Å². The van der Waals surface area contributed by atoms with Crippen molar-refractivity contribution in [1.29, 1.82) is 0 Å². The zero-order valence-corrected chi connectivity index (χ0v) is 20.7. The number of carbonyl (C=O) groups is 2. The van der Waals surface area contributed by atoms with Crippen LogP contribution in [0, 0.1) is 6.92 Å². The van der Waals surface area contributed by atoms with Crippen molar-refractivity contribution in [3.8, 4) is 0 Å². The molecule has 1 amide bonds. The van der Waals surface area contributed by atoms with Crippen LogP contribution in [0.2, 0.25) is 0 Å². The smallest absolute Gasteiger partial charge is 0.289 e. The molecule has 9 heteroatoms. The lowest BCUT2D eigenvalue weighted by Crippen LogP contribution is -2.43. The Bertz CT molecular complexity index is 914. The standard InChI is InChI=1S/C24H34N4O4S/c1-17-15-25-23(33-12-9-27-7-10-31-11-8-27)26-21(17)18-5-4-6-28(16-18)22(30)20-13-19(29)14-24(2,3)32-20/h13,15,18H,4-12,14,16H2,1-3H3/t18-/m1/s1. The van der Waals surface area contributed by atoms with Crippen molar-refractivity contribution in [2.24, 2.45) is 0 Å². The van der Waals surface area contributed by atoms with Gasteiger partial charge >= 0.3 is 0 Å². The third-order valence-corrected chi connectivity index (χ3v) is 7.16. The Morgan fingerprint density at radius 2 is 2.06 bits per heavy atom. The molecule has 1 aromatic rings. The Hall–Kier alpha value is -1.97. The van der Waals surface area contributed by atoms with E-state index in [4.69, 9.17) is 14.5 Å². The molecular weight excluding hydrogens is 440 g/mol. The summed E-state index contributed by atoms with van der Waals surface area (Å²) >= 11 is 1.68. The molecule has 0 saturated carbocycles. The number of piperidine rings is 1. The molecule has 180 valence electrons. The number of thioether (sulfide) groups is 1. The summed E-state index contributed by atoms with van der Waals surface area (Å²) < 4.78 is 11.3. The number of rotatable bonds is 6. The van der Waals surface area contributed by atoms with Gasteiger partial charge in [-0.3, -0.25) is 14.5 Å². The molecule has 8 nitrogen and oxygen atoms in total. The van der Waals surface area contributed by atoms with E-state index in [0.29, 0.717) is 19.5 Å². The molecule has 4 heterocycles. The molecule has 1 atom stereocenters. The molecule has 3 aliphatic rings. The first kappa shape index (κ1) is 24.2. The minimum atomic E-state index is -0.650. The highest BCUT2D eigenvalue weighted by molar-refractivity contribution is 7.99. The summed E-state index contributed by atoms with van der Waals surface area (Å²) in [6.45, 7) is 11.5. The Kier molecular flexibility index (Phi) is 7.71. The number of nitrogens with zero attached hydrogens (tertiary/aromatic N) is 4. The van der Waals surface area contributed by atoms with Crippen LogP contribution in [-0.2, 0) is 19.1 Å². The van der Waals surface area contributed by atoms with Crippen LogP contribution in [0.3, 0.4) is 0 Å². The van der Waals surface area contributed by atoms with Gasteiger partial charge in [0.15, 0.2) is 16.7 Å². The van der Waals surface area contributed by atoms with Crippen LogP contribution in [0.15, 0.2) is 23.2 Å². The lowest BCUT2D eigenvalue weighted by Gasteiger charge is -2.36. The minimum Gasteiger partial charge on any atom is -0.481 e. The van der Waals surface area contributed by atoms with Crippen LogP contribution in [0.25, 0.3) is 0 Å². The Labute approximate surface area is 200 Å². The highest BCUT2D eigenvalue weighted by Gasteiger charge is 2.35. The number of carbonyl (C=O) groups excluding carboxylic acids is 2. The molecule has 0 unspecified atom stereocenters. The van der Waals surface area contributed by atoms with Crippen molar-refractivity contribution < 1.29 is 19.1 Å². The molecule has 0 N–H and O–H groups in total. The van der Waals surface area contributed by atoms with Crippen LogP contribution in [0.5, 0.6) is 0 Å². The maximum Gasteiger partial charge on any atom is 0.289 e. The molecule has 0 radical (unpaired) electrons. The second-order valence-corrected chi connectivity index (χ2v) is 10.7. The Morgan fingerprint density at radius 1 is 1.27 bits per heavy atom. The molecule has 0 aromatic carbocycles. The number of amides is 1. The van der Waals surface area contributed by atoms with Gasteiger partial charge < -0.3 is 14.4 Å². The molecule has 1 aromatic heterocycles. The first-order chi connectivity index (χ1) is 15.8. The van der Waals surface area contributed by atoms with Crippen molar-refractivity contribution in [3.05, 3.63) is 29.3 Å². The van der Waals surface area contributed by atoms with Crippen LogP contribution < -0.4 is 0 Å². The van der Waals surface area contributed by atoms with Crippen molar-refractivity contribution in [2.45, 2.75) is 56.7 Å². The van der Waals surface area contributed by atoms with E-state index in [1.807, 2.05) is 31.9 Å². The van der Waals surface area contributed by atoms with Gasteiger partial charge in [0, 0.05) is 63.1 Å². The van der Waals surface area contributed by atoms with Crippen molar-refractivity contribution in [1.82, 2.24) is 19.8 Å². The Balaban J connectivity index is 1.39. The maximum atomic E-state index is 13.1. The number of aryl methyl sites for hydroxylation is 1. The Morgan fingerprint density at radius 3 is 2.82 bits per heavy atom. The predicted octanol–water partition coefficient (Wildman–Crippen LogP) is 2.57. The van der Waals surface area contributed by atoms with Gasteiger partial charge in [-0.1, -0.05) is 11.8 Å². The number of morpholine rings is 1. The third kappa shape index (κ3) is 6.33. The molecule has 0 aliphatic carbocycles. The number of likely N-dealkylation sites (tertiary alicyclic amines) is 1. The second kappa shape index (κ2) is 10.5. The summed E-state index contributed by atoms with van der Waals surface area (Å²) in [6, 6.07) is 0. The van der Waals surface area contributed by atoms with Crippen LogP contribution in [0.4, 0.5) is 0 Å². The number of allylic oxidation sites excluding steroid dienone is 1. The molecule has 2 fully saturated rings. The summed E-state index contributed by atoms with van der Waals surface area (Å²) in [7, 11) is 0. The fourth-order valence-electron chi connectivity index (χ4n) is 4.64. The van der Waals surface area contributed by atoms with Gasteiger partial charge in [-0.2, -0.15) is 0 Å². The van der Waals surface area contributed by atoms with Gasteiger partial charge in [-0.05, 0) is 39.2 Å². The van der Waals surface area contributed by atoms with Crippen molar-refractivity contribution in [3.63, 3.8) is 0 Å². The zero-order valence-electron chi connectivity index (χ0n) is 19.8. The highest BCUT2D eigenvalue weighted by atomic mass is 32.2. The van der Waals surface area contributed by atoms with Gasteiger partial charge in [-0.25, -0.2) is 9.97 Å². The first-order valence-electron chi connectivity index (χ1n) is 11.8. The van der Waals surface area contributed by atoms with E-state index in [1.54, 1.807) is 11.8 Å². The van der Waals surface area contributed by atoms with Gasteiger partial charge in [0.05, 0.1) is 18.9 Å². The van der Waals surface area contributed by atoms with Gasteiger partial charge in [0.1, 0.15) is 5.60 Å². The van der Waals surface area contributed by atoms with Gasteiger partial charge in [0.25, 0.3) is 5.91 Å². The number of hydrogen-bond donors (Lipinski definition) is 0. The maximum absolute atomic E-state index is 13.1. The van der Waals surface area contributed by atoms with E-state index < -0.39 is 5.60 Å². The number of hydrogen-bond acceptors (Lipinski definition) is 8. The highest BCUT2D eigenvalue weighted by Crippen LogP contribution is 2.31. The van der Waals surface area contributed by atoms with E-state index in [1.165, 1.54) is 6.08 Å². The average molecular weight is 475 g/mol. The summed E-state index contributed by atoms with van der Waals surface area (Å²) in [5.74, 6) is 0.988. The SMILES string of the molecule is Cc1cnc(SCCN2CCOCC2)nc1[C@@H]1CCCN(C(=O)C2=CC(=O)CC(C)(C)O2)C1. The summed E-state index contributed by atoms with van der Waals surface area (Å²) in [5.41, 5.74) is 1.42. The topological polar surface area (TPSA) is 84.9 Å². The molecule has 0 spiro atoms. The fraction of sp³-hybridized carbons (Fsp3) is 0.667. The third-order valence-electron chi connectivity index (χ3n) is 6.32. The fourth-order valence-corrected chi connectivity index (χ4v) is 5.46. The lowest BCUT2D eigenvalue weighted by atomic mass is 9.92. The normalized spacial score (nSPS) is 23.7. The summed E-state index contributed by atoms with van der Waals surface area (Å²) in [4.78, 5) is 38.8. The zero-order chi connectivity index (χ0) is 23.4. The van der Waals surface area contributed by atoms with E-state index in [0.717, 1.165) is 67.9 Å². The van der Waals surface area contributed by atoms with E-state index in [-0.39, 0.29) is 23.4 Å². The summed E-state index contributed by atoms with van der Waals surface area (Å²) in [6.07, 6.45) is 5.41. The molecular formula is C24H34N4O4S. The van der Waals surface area contributed by atoms with E-state index in [9.17, 15) is 9.59 Å². The van der Waals surface area contributed by atoms with Crippen LogP contribution in [-0.4, -0.2) is 88.7 Å². The van der Waals surface area contributed by atoms with Crippen LogP contribution >= 0.6 is 11.8 Å². The van der Waals surface area contributed by atoms with Gasteiger partial charge in [0.2, 0.25) is 0 Å². The van der Waals surface area contributed by atoms with E-state index in [2.05, 4.69) is 9.88 Å². The summed E-state index contributed by atoms with van der Waals surface area (Å²) in [5, 5.41) is 0.790. The second-order valence-electron chi connectivity index (χ2n) is 9.63. The monoisotopic (exact) mass is 474 g/mol. The molecule has 3 aliphatic heterocycles. The average Bonchev–Trinajstić information content (AvgIpc) is 2.79.